The molecule has 0 fully saturated rings. The monoisotopic (exact) mass is 439 g/mol. The molecule has 4 rings (SSSR count). The van der Waals surface area contributed by atoms with E-state index in [2.05, 4.69) is 25.7 Å². The van der Waals surface area contributed by atoms with E-state index in [0.717, 1.165) is 16.7 Å². The summed E-state index contributed by atoms with van der Waals surface area (Å²) in [6, 6.07) is 4.01. The van der Waals surface area contributed by atoms with Crippen molar-refractivity contribution in [1.29, 1.82) is 0 Å². The lowest BCUT2D eigenvalue weighted by molar-refractivity contribution is -0.119. The number of aryl methyl sites for hydroxylation is 2. The first-order valence-electron chi connectivity index (χ1n) is 10.3. The number of benzene rings is 1. The largest absolute Gasteiger partial charge is 0.391 e. The molecule has 1 aromatic carbocycles. The Morgan fingerprint density at radius 2 is 2.09 bits per heavy atom. The maximum absolute atomic E-state index is 13.3. The molecule has 0 aliphatic carbocycles. The second kappa shape index (κ2) is 8.54. The second-order valence-electron chi connectivity index (χ2n) is 8.09. The summed E-state index contributed by atoms with van der Waals surface area (Å²) in [4.78, 5) is 23.0. The molecule has 3 heterocycles. The van der Waals surface area contributed by atoms with Crippen LogP contribution in [-0.4, -0.2) is 50.0 Å². The van der Waals surface area contributed by atoms with Crippen LogP contribution in [0.4, 0.5) is 21.8 Å². The van der Waals surface area contributed by atoms with Crippen LogP contribution in [0.25, 0.3) is 0 Å². The third-order valence-corrected chi connectivity index (χ3v) is 5.57. The normalized spacial score (nSPS) is 16.5. The van der Waals surface area contributed by atoms with E-state index in [0.29, 0.717) is 36.2 Å². The summed E-state index contributed by atoms with van der Waals surface area (Å²) < 4.78 is 15.1. The second-order valence-corrected chi connectivity index (χ2v) is 8.09. The van der Waals surface area contributed by atoms with E-state index in [-0.39, 0.29) is 11.7 Å². The van der Waals surface area contributed by atoms with Crippen LogP contribution in [0.3, 0.4) is 0 Å². The van der Waals surface area contributed by atoms with Gasteiger partial charge >= 0.3 is 0 Å². The number of likely N-dealkylation sites (N-methyl/N-ethyl adjacent to an activating group) is 1. The number of anilines is 3. The highest BCUT2D eigenvalue weighted by molar-refractivity contribution is 6.03. The van der Waals surface area contributed by atoms with E-state index in [4.69, 9.17) is 0 Å². The number of aliphatic hydroxyl groups excluding tert-OH is 1. The molecule has 0 spiro atoms. The van der Waals surface area contributed by atoms with Crippen molar-refractivity contribution < 1.29 is 14.3 Å². The van der Waals surface area contributed by atoms with Crippen molar-refractivity contribution in [3.8, 4) is 0 Å². The first-order chi connectivity index (χ1) is 15.2. The number of rotatable bonds is 6. The maximum atomic E-state index is 13.3. The first kappa shape index (κ1) is 21.7. The number of hydrogen-bond donors (Lipinski definition) is 3. The number of aromatic nitrogens is 4. The predicted octanol–water partition coefficient (Wildman–Crippen LogP) is 2.23. The Kier molecular flexibility index (Phi) is 5.79. The van der Waals surface area contributed by atoms with Gasteiger partial charge in [0.05, 0.1) is 24.5 Å². The van der Waals surface area contributed by atoms with Crippen LogP contribution < -0.4 is 15.5 Å². The van der Waals surface area contributed by atoms with Gasteiger partial charge in [-0.25, -0.2) is 9.37 Å². The number of aliphatic hydroxyl groups is 1. The van der Waals surface area contributed by atoms with Crippen LogP contribution in [0.2, 0.25) is 0 Å². The molecule has 168 valence electrons. The summed E-state index contributed by atoms with van der Waals surface area (Å²) in [6.07, 6.45) is 2.82. The highest BCUT2D eigenvalue weighted by Gasteiger charge is 2.36. The summed E-state index contributed by atoms with van der Waals surface area (Å²) in [6.45, 7) is 6.25. The molecule has 0 bridgehead atoms. The minimum Gasteiger partial charge on any atom is -0.391 e. The van der Waals surface area contributed by atoms with Gasteiger partial charge in [-0.2, -0.15) is 10.1 Å². The number of amides is 1. The average Bonchev–Trinajstić information content (AvgIpc) is 3.17. The smallest absolute Gasteiger partial charge is 0.249 e. The van der Waals surface area contributed by atoms with Gasteiger partial charge in [0.1, 0.15) is 17.5 Å². The Bertz CT molecular complexity index is 1160. The van der Waals surface area contributed by atoms with Crippen molar-refractivity contribution in [2.45, 2.75) is 46.0 Å². The Morgan fingerprint density at radius 3 is 2.81 bits per heavy atom. The molecule has 2 atom stereocenters. The van der Waals surface area contributed by atoms with Crippen molar-refractivity contribution in [2.24, 2.45) is 0 Å². The molecule has 9 nitrogen and oxygen atoms in total. The molecule has 1 aliphatic rings. The van der Waals surface area contributed by atoms with Crippen LogP contribution >= 0.6 is 0 Å². The fourth-order valence-electron chi connectivity index (χ4n) is 3.86. The van der Waals surface area contributed by atoms with Crippen LogP contribution in [-0.2, 0) is 17.9 Å². The minimum atomic E-state index is -0.851. The summed E-state index contributed by atoms with van der Waals surface area (Å²) in [5.74, 6) is 0.428. The van der Waals surface area contributed by atoms with Crippen molar-refractivity contribution in [3.63, 3.8) is 0 Å². The van der Waals surface area contributed by atoms with Gasteiger partial charge < -0.3 is 20.6 Å². The lowest BCUT2D eigenvalue weighted by Crippen LogP contribution is -2.52. The topological polar surface area (TPSA) is 108 Å². The third-order valence-electron chi connectivity index (χ3n) is 5.57. The van der Waals surface area contributed by atoms with Crippen LogP contribution in [0, 0.1) is 19.7 Å². The quantitative estimate of drug-likeness (QED) is 0.541. The Balaban J connectivity index is 1.47. The number of nitrogens with zero attached hydrogens (tertiary/aromatic N) is 5. The van der Waals surface area contributed by atoms with Crippen molar-refractivity contribution in [1.82, 2.24) is 19.7 Å². The number of carbonyl (C=O) groups is 1. The summed E-state index contributed by atoms with van der Waals surface area (Å²) in [7, 11) is 1.73. The molecule has 0 saturated carbocycles. The van der Waals surface area contributed by atoms with Gasteiger partial charge in [0.15, 0.2) is 5.82 Å². The van der Waals surface area contributed by atoms with Crippen molar-refractivity contribution in [2.75, 3.05) is 22.6 Å². The number of hydrogen-bond acceptors (Lipinski definition) is 7. The number of halogens is 1. The fourth-order valence-corrected chi connectivity index (χ4v) is 3.86. The van der Waals surface area contributed by atoms with E-state index in [9.17, 15) is 14.3 Å². The lowest BCUT2D eigenvalue weighted by atomic mass is 10.1. The summed E-state index contributed by atoms with van der Waals surface area (Å²) >= 11 is 0. The lowest BCUT2D eigenvalue weighted by Gasteiger charge is -2.36. The van der Waals surface area contributed by atoms with Crippen LogP contribution in [0.15, 0.2) is 30.6 Å². The Hall–Kier alpha value is -3.53. The molecule has 0 radical (unpaired) electrons. The van der Waals surface area contributed by atoms with Crippen molar-refractivity contribution in [3.05, 3.63) is 58.8 Å². The molecule has 3 N–H and O–H groups in total. The molecule has 0 unspecified atom stereocenters. The van der Waals surface area contributed by atoms with Gasteiger partial charge in [-0.15, -0.1) is 0 Å². The zero-order chi connectivity index (χ0) is 23.0. The Morgan fingerprint density at radius 1 is 1.31 bits per heavy atom. The third kappa shape index (κ3) is 4.26. The molecule has 1 aliphatic heterocycles. The zero-order valence-corrected chi connectivity index (χ0v) is 18.4. The molecular weight excluding hydrogens is 413 g/mol. The van der Waals surface area contributed by atoms with Crippen LogP contribution in [0.1, 0.15) is 29.3 Å². The van der Waals surface area contributed by atoms with Crippen molar-refractivity contribution >= 4 is 23.4 Å². The number of nitrogens with one attached hydrogen (secondary N) is 2. The highest BCUT2D eigenvalue weighted by Crippen LogP contribution is 2.33. The SMILES string of the molecule is Cc1cc(F)ccc1Cn1cc(CNc2nc(C)c3c(n2)N(C)[C@@H]([C@@H](C)O)C(=O)N3)cn1. The maximum Gasteiger partial charge on any atom is 0.249 e. The van der Waals surface area contributed by atoms with Gasteiger partial charge in [0.2, 0.25) is 11.9 Å². The molecule has 10 heteroatoms. The average molecular weight is 439 g/mol. The van der Waals surface area contributed by atoms with Gasteiger partial charge in [-0.05, 0) is 44.0 Å². The molecule has 0 saturated heterocycles. The molecule has 3 aromatic rings. The molecular formula is C22H26FN7O2. The molecule has 32 heavy (non-hydrogen) atoms. The Labute approximate surface area is 185 Å². The van der Waals surface area contributed by atoms with Gasteiger partial charge in [0, 0.05) is 25.4 Å². The van der Waals surface area contributed by atoms with Gasteiger partial charge in [0.25, 0.3) is 0 Å². The first-order valence-corrected chi connectivity index (χ1v) is 10.3. The minimum absolute atomic E-state index is 0.248. The predicted molar refractivity (Wildman–Crippen MR) is 119 cm³/mol. The number of carbonyl (C=O) groups excluding carboxylic acids is 1. The van der Waals surface area contributed by atoms with Gasteiger partial charge in [-0.1, -0.05) is 6.07 Å². The van der Waals surface area contributed by atoms with E-state index in [1.807, 2.05) is 13.1 Å². The summed E-state index contributed by atoms with van der Waals surface area (Å²) in [5.41, 5.74) is 3.99. The van der Waals surface area contributed by atoms with E-state index < -0.39 is 12.1 Å². The van der Waals surface area contributed by atoms with E-state index in [1.165, 1.54) is 12.1 Å². The molecule has 2 aromatic heterocycles. The zero-order valence-electron chi connectivity index (χ0n) is 18.4. The molecule has 1 amide bonds. The van der Waals surface area contributed by atoms with Gasteiger partial charge in [-0.3, -0.25) is 9.48 Å². The highest BCUT2D eigenvalue weighted by atomic mass is 19.1. The number of fused-ring (bicyclic) bond motifs is 1. The fraction of sp³-hybridized carbons (Fsp3) is 0.364. The standard InChI is InChI=1S/C22H26FN7O2/c1-12-7-17(23)6-5-16(12)11-30-10-15(9-25-30)8-24-22-26-13(2)18-20(28-22)29(4)19(14(3)31)21(32)27-18/h5-7,9-10,14,19,31H,8,11H2,1-4H3,(H,27,32)(H,24,26,28)/t14-,19+/m1/s1. The van der Waals surface area contributed by atoms with Crippen LogP contribution in [0.5, 0.6) is 0 Å². The van der Waals surface area contributed by atoms with E-state index >= 15 is 0 Å². The summed E-state index contributed by atoms with van der Waals surface area (Å²) in [5, 5.41) is 20.4. The van der Waals surface area contributed by atoms with E-state index in [1.54, 1.807) is 42.7 Å².